The SMILES string of the molecule is CC1CCCN(C(=O)c2cc(NCCc3c[nH]c4ccccc34)ccn2)C1. The van der Waals surface area contributed by atoms with Crippen LogP contribution in [0.5, 0.6) is 0 Å². The molecule has 140 valence electrons. The molecular weight excluding hydrogens is 336 g/mol. The molecule has 0 bridgehead atoms. The van der Waals surface area contributed by atoms with E-state index in [2.05, 4.69) is 46.6 Å². The number of hydrogen-bond donors (Lipinski definition) is 2. The van der Waals surface area contributed by atoms with Crippen LogP contribution in [0.15, 0.2) is 48.8 Å². The van der Waals surface area contributed by atoms with E-state index in [1.54, 1.807) is 6.20 Å². The largest absolute Gasteiger partial charge is 0.385 e. The number of aromatic nitrogens is 2. The van der Waals surface area contributed by atoms with Gasteiger partial charge in [-0.15, -0.1) is 0 Å². The third kappa shape index (κ3) is 3.97. The van der Waals surface area contributed by atoms with Crippen molar-refractivity contribution in [2.75, 3.05) is 25.0 Å². The maximum Gasteiger partial charge on any atom is 0.272 e. The Morgan fingerprint density at radius 1 is 1.33 bits per heavy atom. The third-order valence-electron chi connectivity index (χ3n) is 5.32. The molecule has 1 amide bonds. The standard InChI is InChI=1S/C22H26N4O/c1-16-5-4-12-26(15-16)22(27)21-13-18(9-11-24-21)23-10-8-17-14-25-20-7-3-2-6-19(17)20/h2-3,6-7,9,11,13-14,16,25H,4-5,8,10,12,15H2,1H3,(H,23,24). The topological polar surface area (TPSA) is 61.0 Å². The van der Waals surface area contributed by atoms with Crippen LogP contribution in [0.4, 0.5) is 5.69 Å². The number of benzene rings is 1. The van der Waals surface area contributed by atoms with E-state index < -0.39 is 0 Å². The quantitative estimate of drug-likeness (QED) is 0.719. The summed E-state index contributed by atoms with van der Waals surface area (Å²) >= 11 is 0. The summed E-state index contributed by atoms with van der Waals surface area (Å²) in [5, 5.41) is 4.70. The lowest BCUT2D eigenvalue weighted by atomic mass is 10.00. The highest BCUT2D eigenvalue weighted by Gasteiger charge is 2.22. The number of fused-ring (bicyclic) bond motifs is 1. The second-order valence-electron chi connectivity index (χ2n) is 7.46. The summed E-state index contributed by atoms with van der Waals surface area (Å²) in [4.78, 5) is 22.3. The fraction of sp³-hybridized carbons (Fsp3) is 0.364. The number of amides is 1. The fourth-order valence-electron chi connectivity index (χ4n) is 3.87. The number of hydrogen-bond acceptors (Lipinski definition) is 3. The molecule has 1 aliphatic heterocycles. The van der Waals surface area contributed by atoms with Gasteiger partial charge in [0, 0.05) is 48.6 Å². The predicted octanol–water partition coefficient (Wildman–Crippen LogP) is 4.09. The molecule has 5 heteroatoms. The van der Waals surface area contributed by atoms with Crippen LogP contribution in [0.1, 0.15) is 35.8 Å². The van der Waals surface area contributed by atoms with Gasteiger partial charge in [-0.1, -0.05) is 25.1 Å². The Bertz CT molecular complexity index is 933. The highest BCUT2D eigenvalue weighted by molar-refractivity contribution is 5.93. The number of anilines is 1. The Morgan fingerprint density at radius 2 is 2.22 bits per heavy atom. The summed E-state index contributed by atoms with van der Waals surface area (Å²) < 4.78 is 0. The third-order valence-corrected chi connectivity index (χ3v) is 5.32. The van der Waals surface area contributed by atoms with Gasteiger partial charge in [-0.05, 0) is 48.9 Å². The van der Waals surface area contributed by atoms with Gasteiger partial charge >= 0.3 is 0 Å². The zero-order valence-electron chi connectivity index (χ0n) is 15.7. The van der Waals surface area contributed by atoms with Crippen molar-refractivity contribution in [3.05, 3.63) is 60.0 Å². The average Bonchev–Trinajstić information content (AvgIpc) is 3.11. The normalized spacial score (nSPS) is 17.2. The van der Waals surface area contributed by atoms with Crippen molar-refractivity contribution in [2.24, 2.45) is 5.92 Å². The average molecular weight is 362 g/mol. The van der Waals surface area contributed by atoms with Gasteiger partial charge in [-0.25, -0.2) is 0 Å². The first-order valence-corrected chi connectivity index (χ1v) is 9.75. The van der Waals surface area contributed by atoms with Crippen molar-refractivity contribution in [3.63, 3.8) is 0 Å². The molecule has 1 fully saturated rings. The summed E-state index contributed by atoms with van der Waals surface area (Å²) in [6.45, 7) is 4.68. The van der Waals surface area contributed by atoms with Crippen molar-refractivity contribution in [1.29, 1.82) is 0 Å². The lowest BCUT2D eigenvalue weighted by Gasteiger charge is -2.30. The van der Waals surface area contributed by atoms with Crippen LogP contribution in [-0.2, 0) is 6.42 Å². The Labute approximate surface area is 159 Å². The summed E-state index contributed by atoms with van der Waals surface area (Å²) in [6, 6.07) is 12.1. The van der Waals surface area contributed by atoms with Crippen LogP contribution >= 0.6 is 0 Å². The van der Waals surface area contributed by atoms with E-state index in [0.29, 0.717) is 11.6 Å². The smallest absolute Gasteiger partial charge is 0.272 e. The van der Waals surface area contributed by atoms with E-state index in [1.807, 2.05) is 23.1 Å². The van der Waals surface area contributed by atoms with Crippen LogP contribution in [0.2, 0.25) is 0 Å². The number of likely N-dealkylation sites (tertiary alicyclic amines) is 1. The summed E-state index contributed by atoms with van der Waals surface area (Å²) in [6.07, 6.45) is 6.99. The van der Waals surface area contributed by atoms with E-state index in [0.717, 1.165) is 38.2 Å². The van der Waals surface area contributed by atoms with Gasteiger partial charge in [-0.3, -0.25) is 9.78 Å². The predicted molar refractivity (Wildman–Crippen MR) is 109 cm³/mol. The van der Waals surface area contributed by atoms with E-state index in [9.17, 15) is 4.79 Å². The molecule has 0 spiro atoms. The first-order valence-electron chi connectivity index (χ1n) is 9.75. The Morgan fingerprint density at radius 3 is 3.11 bits per heavy atom. The second-order valence-corrected chi connectivity index (χ2v) is 7.46. The monoisotopic (exact) mass is 362 g/mol. The van der Waals surface area contributed by atoms with E-state index in [-0.39, 0.29) is 5.91 Å². The summed E-state index contributed by atoms with van der Waals surface area (Å²) in [7, 11) is 0. The molecule has 27 heavy (non-hydrogen) atoms. The molecule has 1 atom stereocenters. The molecule has 1 aliphatic rings. The zero-order chi connectivity index (χ0) is 18.6. The number of H-pyrrole nitrogens is 1. The lowest BCUT2D eigenvalue weighted by Crippen LogP contribution is -2.39. The molecular formula is C22H26N4O. The molecule has 0 aliphatic carbocycles. The Kier molecular flexibility index (Phi) is 5.10. The molecule has 4 rings (SSSR count). The molecule has 1 saturated heterocycles. The number of rotatable bonds is 5. The Hall–Kier alpha value is -2.82. The number of carbonyl (C=O) groups excluding carboxylic acids is 1. The maximum absolute atomic E-state index is 12.7. The molecule has 2 N–H and O–H groups in total. The van der Waals surface area contributed by atoms with Crippen LogP contribution < -0.4 is 5.32 Å². The molecule has 1 unspecified atom stereocenters. The van der Waals surface area contributed by atoms with E-state index in [4.69, 9.17) is 0 Å². The molecule has 0 radical (unpaired) electrons. The molecule has 5 nitrogen and oxygen atoms in total. The number of piperidine rings is 1. The van der Waals surface area contributed by atoms with Crippen molar-refractivity contribution in [3.8, 4) is 0 Å². The molecule has 1 aromatic carbocycles. The highest BCUT2D eigenvalue weighted by atomic mass is 16.2. The summed E-state index contributed by atoms with van der Waals surface area (Å²) in [5.41, 5.74) is 3.94. The second kappa shape index (κ2) is 7.82. The van der Waals surface area contributed by atoms with Gasteiger partial charge < -0.3 is 15.2 Å². The van der Waals surface area contributed by atoms with Gasteiger partial charge in [0.2, 0.25) is 0 Å². The maximum atomic E-state index is 12.7. The van der Waals surface area contributed by atoms with Crippen molar-refractivity contribution >= 4 is 22.5 Å². The highest BCUT2D eigenvalue weighted by Crippen LogP contribution is 2.20. The molecule has 3 heterocycles. The van der Waals surface area contributed by atoms with Gasteiger partial charge in [0.25, 0.3) is 5.91 Å². The van der Waals surface area contributed by atoms with Gasteiger partial charge in [0.15, 0.2) is 0 Å². The molecule has 2 aromatic heterocycles. The first-order chi connectivity index (χ1) is 13.2. The Balaban J connectivity index is 1.38. The van der Waals surface area contributed by atoms with Gasteiger partial charge in [0.05, 0.1) is 0 Å². The fourth-order valence-corrected chi connectivity index (χ4v) is 3.87. The number of nitrogens with zero attached hydrogens (tertiary/aromatic N) is 2. The number of nitrogens with one attached hydrogen (secondary N) is 2. The number of para-hydroxylation sites is 1. The number of carbonyl (C=O) groups is 1. The first kappa shape index (κ1) is 17.6. The number of pyridine rings is 1. The minimum absolute atomic E-state index is 0.0434. The van der Waals surface area contributed by atoms with Crippen molar-refractivity contribution < 1.29 is 4.79 Å². The van der Waals surface area contributed by atoms with Crippen molar-refractivity contribution in [2.45, 2.75) is 26.2 Å². The van der Waals surface area contributed by atoms with Crippen molar-refractivity contribution in [1.82, 2.24) is 14.9 Å². The molecule has 0 saturated carbocycles. The van der Waals surface area contributed by atoms with Gasteiger partial charge in [-0.2, -0.15) is 0 Å². The summed E-state index contributed by atoms with van der Waals surface area (Å²) in [5.74, 6) is 0.613. The van der Waals surface area contributed by atoms with E-state index in [1.165, 1.54) is 22.9 Å². The van der Waals surface area contributed by atoms with Crippen LogP contribution in [-0.4, -0.2) is 40.4 Å². The zero-order valence-corrected chi connectivity index (χ0v) is 15.7. The van der Waals surface area contributed by atoms with Crippen LogP contribution in [0.25, 0.3) is 10.9 Å². The van der Waals surface area contributed by atoms with Crippen LogP contribution in [0.3, 0.4) is 0 Å². The minimum atomic E-state index is 0.0434. The lowest BCUT2D eigenvalue weighted by molar-refractivity contribution is 0.0677. The minimum Gasteiger partial charge on any atom is -0.385 e. The van der Waals surface area contributed by atoms with Crippen LogP contribution in [0, 0.1) is 5.92 Å². The number of aromatic amines is 1. The molecule has 3 aromatic rings. The van der Waals surface area contributed by atoms with Gasteiger partial charge in [0.1, 0.15) is 5.69 Å². The van der Waals surface area contributed by atoms with E-state index >= 15 is 0 Å².